The first-order valence-corrected chi connectivity index (χ1v) is 12.1. The summed E-state index contributed by atoms with van der Waals surface area (Å²) in [6, 6.07) is 17.5. The number of carbonyl (C=O) groups excluding carboxylic acids is 2. The smallest absolute Gasteiger partial charge is 0.198 e. The lowest BCUT2D eigenvalue weighted by molar-refractivity contribution is 0.0994. The first-order chi connectivity index (χ1) is 17.0. The molecule has 0 saturated heterocycles. The molecule has 0 fully saturated rings. The van der Waals surface area contributed by atoms with Gasteiger partial charge in [0.2, 0.25) is 0 Å². The minimum atomic E-state index is -0.0256. The van der Waals surface area contributed by atoms with Crippen LogP contribution in [0.15, 0.2) is 76.7 Å². The van der Waals surface area contributed by atoms with E-state index in [2.05, 4.69) is 15.0 Å². The molecule has 0 spiro atoms. The summed E-state index contributed by atoms with van der Waals surface area (Å²) in [5, 5.41) is 11.3. The molecule has 0 amide bonds. The number of thiophene rings is 1. The lowest BCUT2D eigenvalue weighted by atomic mass is 9.99. The van der Waals surface area contributed by atoms with Gasteiger partial charge in [-0.05, 0) is 60.4 Å². The van der Waals surface area contributed by atoms with Crippen molar-refractivity contribution in [1.82, 2.24) is 4.98 Å². The second-order valence-corrected chi connectivity index (χ2v) is 9.53. The van der Waals surface area contributed by atoms with Gasteiger partial charge >= 0.3 is 0 Å². The summed E-state index contributed by atoms with van der Waals surface area (Å²) in [4.78, 5) is 37.1. The van der Waals surface area contributed by atoms with E-state index in [1.807, 2.05) is 54.6 Å². The van der Waals surface area contributed by atoms with Gasteiger partial charge in [0, 0.05) is 23.5 Å². The molecule has 2 aromatic heterocycles. The van der Waals surface area contributed by atoms with E-state index in [4.69, 9.17) is 0 Å². The van der Waals surface area contributed by atoms with Crippen LogP contribution in [0.4, 0.5) is 0 Å². The summed E-state index contributed by atoms with van der Waals surface area (Å²) in [7, 11) is 0. The van der Waals surface area contributed by atoms with E-state index < -0.39 is 0 Å². The Morgan fingerprint density at radius 2 is 1.89 bits per heavy atom. The highest BCUT2D eigenvalue weighted by molar-refractivity contribution is 7.16. The van der Waals surface area contributed by atoms with Crippen LogP contribution in [-0.2, 0) is 12.8 Å². The quantitative estimate of drug-likeness (QED) is 0.268. The number of carbonyl (C=O) groups is 2. The van der Waals surface area contributed by atoms with Crippen LogP contribution in [0, 0.1) is 0 Å². The molecule has 0 saturated carbocycles. The van der Waals surface area contributed by atoms with Crippen LogP contribution in [0.1, 0.15) is 48.5 Å². The third kappa shape index (κ3) is 5.05. The molecular weight excluding hydrogens is 458 g/mol. The standard InChI is InChI=1S/C28H23N3O3S/c1-17(32)25-9-10-26(35-25)24(33)15-19-5-2-4-18(12-19)13-20-7-8-23-21(14-20)22(28(34)31-23)16-30-27-6-3-11-29-27/h2-10,12,14,16,31,34H,11,13,15H2,1H3. The van der Waals surface area contributed by atoms with E-state index in [1.54, 1.807) is 18.3 Å². The molecule has 1 aliphatic heterocycles. The molecule has 3 heterocycles. The number of H-pyrrole nitrogens is 1. The van der Waals surface area contributed by atoms with Crippen molar-refractivity contribution in [3.63, 3.8) is 0 Å². The zero-order valence-electron chi connectivity index (χ0n) is 19.1. The third-order valence-electron chi connectivity index (χ3n) is 5.83. The van der Waals surface area contributed by atoms with Crippen molar-refractivity contribution in [3.8, 4) is 5.88 Å². The third-order valence-corrected chi connectivity index (χ3v) is 7.05. The van der Waals surface area contributed by atoms with E-state index >= 15 is 0 Å². The van der Waals surface area contributed by atoms with Crippen LogP contribution in [0.25, 0.3) is 10.9 Å². The summed E-state index contributed by atoms with van der Waals surface area (Å²) < 4.78 is 0. The first kappa shape index (κ1) is 22.7. The van der Waals surface area contributed by atoms with Gasteiger partial charge in [-0.1, -0.05) is 36.4 Å². The lowest BCUT2D eigenvalue weighted by Crippen LogP contribution is -2.02. The Labute approximate surface area is 206 Å². The Morgan fingerprint density at radius 1 is 1.09 bits per heavy atom. The minimum absolute atomic E-state index is 0.00880. The number of fused-ring (bicyclic) bond motifs is 1. The van der Waals surface area contributed by atoms with Gasteiger partial charge in [-0.3, -0.25) is 14.6 Å². The van der Waals surface area contributed by atoms with Crippen molar-refractivity contribution < 1.29 is 14.7 Å². The number of hydrogen-bond acceptors (Lipinski definition) is 6. The highest BCUT2D eigenvalue weighted by Gasteiger charge is 2.13. The van der Waals surface area contributed by atoms with Crippen molar-refractivity contribution >= 4 is 45.9 Å². The average molecular weight is 482 g/mol. The number of amidine groups is 1. The lowest BCUT2D eigenvalue weighted by Gasteiger charge is -2.06. The fourth-order valence-corrected chi connectivity index (χ4v) is 4.93. The van der Waals surface area contributed by atoms with Gasteiger partial charge < -0.3 is 10.1 Å². The summed E-state index contributed by atoms with van der Waals surface area (Å²) >= 11 is 1.25. The normalized spacial score (nSPS) is 13.1. The predicted molar refractivity (Wildman–Crippen MR) is 141 cm³/mol. The number of aromatic nitrogens is 1. The molecule has 0 aliphatic carbocycles. The van der Waals surface area contributed by atoms with Crippen molar-refractivity contribution in [3.05, 3.63) is 98.8 Å². The van der Waals surface area contributed by atoms with Crippen molar-refractivity contribution in [2.24, 2.45) is 9.98 Å². The number of ketones is 2. The first-order valence-electron chi connectivity index (χ1n) is 11.3. The van der Waals surface area contributed by atoms with Gasteiger partial charge in [0.15, 0.2) is 17.4 Å². The number of benzene rings is 2. The largest absolute Gasteiger partial charge is 0.494 e. The fraction of sp³-hybridized carbons (Fsp3) is 0.143. The summed E-state index contributed by atoms with van der Waals surface area (Å²) in [5.74, 6) is 0.698. The maximum absolute atomic E-state index is 12.7. The Morgan fingerprint density at radius 3 is 2.66 bits per heavy atom. The Hall–Kier alpha value is -4.10. The van der Waals surface area contributed by atoms with Gasteiger partial charge in [-0.2, -0.15) is 0 Å². The summed E-state index contributed by atoms with van der Waals surface area (Å²) in [6.45, 7) is 2.14. The molecule has 0 atom stereocenters. The van der Waals surface area contributed by atoms with Gasteiger partial charge in [-0.25, -0.2) is 4.99 Å². The second-order valence-electron chi connectivity index (χ2n) is 8.44. The zero-order chi connectivity index (χ0) is 24.4. The number of nitrogens with one attached hydrogen (secondary N) is 1. The molecular formula is C28H23N3O3S. The fourth-order valence-electron chi connectivity index (χ4n) is 4.09. The number of nitrogens with zero attached hydrogens (tertiary/aromatic N) is 2. The molecule has 6 nitrogen and oxygen atoms in total. The highest BCUT2D eigenvalue weighted by atomic mass is 32.1. The zero-order valence-corrected chi connectivity index (χ0v) is 19.9. The van der Waals surface area contributed by atoms with Gasteiger partial charge in [0.05, 0.1) is 21.9 Å². The topological polar surface area (TPSA) is 94.9 Å². The van der Waals surface area contributed by atoms with E-state index in [-0.39, 0.29) is 23.9 Å². The monoisotopic (exact) mass is 481 g/mol. The van der Waals surface area contributed by atoms with Crippen LogP contribution in [0.2, 0.25) is 0 Å². The molecule has 0 radical (unpaired) electrons. The molecule has 5 rings (SSSR count). The maximum atomic E-state index is 12.7. The average Bonchev–Trinajstić information content (AvgIpc) is 3.58. The Balaban J connectivity index is 1.34. The van der Waals surface area contributed by atoms with E-state index in [0.717, 1.165) is 27.6 Å². The van der Waals surface area contributed by atoms with Gasteiger partial charge in [-0.15, -0.1) is 11.3 Å². The molecule has 2 N–H and O–H groups in total. The molecule has 1 aliphatic rings. The van der Waals surface area contributed by atoms with Crippen LogP contribution < -0.4 is 0 Å². The molecule has 4 aromatic rings. The highest BCUT2D eigenvalue weighted by Crippen LogP contribution is 2.28. The number of Topliss-reactive ketones (excluding diaryl/α,β-unsaturated/α-hetero) is 2. The van der Waals surface area contributed by atoms with Crippen LogP contribution in [0.5, 0.6) is 5.88 Å². The Bertz CT molecular complexity index is 1540. The van der Waals surface area contributed by atoms with Crippen LogP contribution >= 0.6 is 11.3 Å². The van der Waals surface area contributed by atoms with Crippen LogP contribution in [-0.4, -0.2) is 40.3 Å². The SMILES string of the molecule is CC(=O)c1ccc(C(=O)Cc2cccc(Cc3ccc4[nH]c(O)c(C=NC5=NCC=C5)c4c3)c2)s1. The van der Waals surface area contributed by atoms with E-state index in [1.165, 1.54) is 18.3 Å². The number of hydrogen-bond donors (Lipinski definition) is 2. The number of aromatic hydroxyl groups is 1. The maximum Gasteiger partial charge on any atom is 0.198 e. The van der Waals surface area contributed by atoms with Gasteiger partial charge in [0.25, 0.3) is 0 Å². The van der Waals surface area contributed by atoms with Crippen molar-refractivity contribution in [2.75, 3.05) is 6.54 Å². The molecule has 2 aromatic carbocycles. The molecule has 0 bridgehead atoms. The summed E-state index contributed by atoms with van der Waals surface area (Å²) in [5.41, 5.74) is 4.56. The number of aromatic amines is 1. The van der Waals surface area contributed by atoms with E-state index in [9.17, 15) is 14.7 Å². The van der Waals surface area contributed by atoms with Crippen LogP contribution in [0.3, 0.4) is 0 Å². The summed E-state index contributed by atoms with van der Waals surface area (Å²) in [6.07, 6.45) is 6.40. The van der Waals surface area contributed by atoms with Crippen molar-refractivity contribution in [2.45, 2.75) is 19.8 Å². The minimum Gasteiger partial charge on any atom is -0.494 e. The Kier molecular flexibility index (Phi) is 6.25. The van der Waals surface area contributed by atoms with Gasteiger partial charge in [0.1, 0.15) is 5.84 Å². The molecule has 174 valence electrons. The predicted octanol–water partition coefficient (Wildman–Crippen LogP) is 5.54. The number of aliphatic imine (C=N–C) groups is 2. The number of rotatable bonds is 7. The molecule has 7 heteroatoms. The molecule has 35 heavy (non-hydrogen) atoms. The molecule has 0 unspecified atom stereocenters. The second kappa shape index (κ2) is 9.64. The van der Waals surface area contributed by atoms with Crippen molar-refractivity contribution in [1.29, 1.82) is 0 Å². The van der Waals surface area contributed by atoms with E-state index in [0.29, 0.717) is 34.1 Å².